The zero-order valence-corrected chi connectivity index (χ0v) is 15.8. The quantitative estimate of drug-likeness (QED) is 0.630. The number of Topliss-reactive ketones (excluding diaryl/α,β-unsaturated/α-hetero) is 1. The largest absolute Gasteiger partial charge is 0.293 e. The monoisotopic (exact) mass is 362 g/mol. The Morgan fingerprint density at radius 3 is 1.04 bits per heavy atom. The normalized spacial score (nSPS) is 55.9. The highest BCUT2D eigenvalue weighted by atomic mass is 19.1. The molecule has 0 aromatic rings. The Bertz CT molecular complexity index is 503. The maximum Gasteiger partial charge on any atom is 0.201 e. The summed E-state index contributed by atoms with van der Waals surface area (Å²) < 4.78 is 31.4. The summed E-state index contributed by atoms with van der Waals surface area (Å²) in [6.07, 6.45) is 9.38. The minimum Gasteiger partial charge on any atom is -0.293 e. The molecule has 0 amide bonds. The van der Waals surface area contributed by atoms with Gasteiger partial charge >= 0.3 is 0 Å². The zero-order valence-electron chi connectivity index (χ0n) is 15.8. The van der Waals surface area contributed by atoms with Gasteiger partial charge in [-0.25, -0.2) is 8.78 Å². The molecule has 2 unspecified atom stereocenters. The Kier molecular flexibility index (Phi) is 3.37. The van der Waals surface area contributed by atoms with E-state index < -0.39 is 29.0 Å². The molecule has 26 heavy (non-hydrogen) atoms. The van der Waals surface area contributed by atoms with Crippen LogP contribution in [0.3, 0.4) is 0 Å². The van der Waals surface area contributed by atoms with Gasteiger partial charge in [-0.05, 0) is 113 Å². The molecule has 0 N–H and O–H groups in total. The lowest BCUT2D eigenvalue weighted by molar-refractivity contribution is -0.160. The summed E-state index contributed by atoms with van der Waals surface area (Å²) in [4.78, 5) is 13.1. The molecule has 0 saturated heterocycles. The molecule has 8 rings (SSSR count). The fourth-order valence-electron chi connectivity index (χ4n) is 9.71. The van der Waals surface area contributed by atoms with Crippen molar-refractivity contribution in [3.8, 4) is 0 Å². The fraction of sp³-hybridized carbons (Fsp3) is 0.957. The molecule has 0 aromatic carbocycles. The van der Waals surface area contributed by atoms with Gasteiger partial charge in [-0.3, -0.25) is 4.79 Å². The van der Waals surface area contributed by atoms with Crippen molar-refractivity contribution in [1.82, 2.24) is 0 Å². The Labute approximate surface area is 155 Å². The molecular formula is C23H32F2O. The summed E-state index contributed by atoms with van der Waals surface area (Å²) >= 11 is 0. The van der Waals surface area contributed by atoms with Gasteiger partial charge in [-0.15, -0.1) is 0 Å². The van der Waals surface area contributed by atoms with E-state index in [9.17, 15) is 4.79 Å². The molecule has 0 radical (unpaired) electrons. The Morgan fingerprint density at radius 1 is 0.577 bits per heavy atom. The highest BCUT2D eigenvalue weighted by Crippen LogP contribution is 2.64. The molecule has 8 aliphatic rings. The fourth-order valence-corrected chi connectivity index (χ4v) is 9.71. The second-order valence-corrected chi connectivity index (χ2v) is 11.7. The van der Waals surface area contributed by atoms with Crippen LogP contribution in [0.1, 0.15) is 77.0 Å². The predicted octanol–water partition coefficient (Wildman–Crippen LogP) is 5.66. The second-order valence-electron chi connectivity index (χ2n) is 11.7. The SMILES string of the molecule is O=C(C(F)C12CC3CC(CC(C3)C1)C2)C(F)C12CC3CC(CC(C3)C1)C2. The number of carbonyl (C=O) groups excluding carboxylic acids is 1. The van der Waals surface area contributed by atoms with E-state index in [1.54, 1.807) is 0 Å². The molecule has 1 nitrogen and oxygen atoms in total. The Balaban J connectivity index is 1.25. The van der Waals surface area contributed by atoms with Gasteiger partial charge in [0.05, 0.1) is 0 Å². The molecular weight excluding hydrogens is 330 g/mol. The van der Waals surface area contributed by atoms with Crippen LogP contribution in [0.25, 0.3) is 0 Å². The first kappa shape index (κ1) is 16.5. The van der Waals surface area contributed by atoms with Crippen LogP contribution in [0.15, 0.2) is 0 Å². The number of halogens is 2. The van der Waals surface area contributed by atoms with Crippen LogP contribution >= 0.6 is 0 Å². The summed E-state index contributed by atoms with van der Waals surface area (Å²) in [5.41, 5.74) is -1.00. The van der Waals surface area contributed by atoms with Crippen LogP contribution < -0.4 is 0 Å². The first-order chi connectivity index (χ1) is 12.4. The van der Waals surface area contributed by atoms with E-state index in [2.05, 4.69) is 0 Å². The van der Waals surface area contributed by atoms with Gasteiger partial charge in [0.1, 0.15) is 0 Å². The minimum absolute atomic E-state index is 0.502. The van der Waals surface area contributed by atoms with Crippen LogP contribution in [0.4, 0.5) is 8.78 Å². The number of alkyl halides is 2. The van der Waals surface area contributed by atoms with Crippen molar-refractivity contribution in [3.05, 3.63) is 0 Å². The van der Waals surface area contributed by atoms with E-state index in [0.717, 1.165) is 38.5 Å². The van der Waals surface area contributed by atoms with Gasteiger partial charge in [0.2, 0.25) is 5.78 Å². The summed E-state index contributed by atoms with van der Waals surface area (Å²) in [5, 5.41) is 0. The average Bonchev–Trinajstić information content (AvgIpc) is 2.57. The lowest BCUT2D eigenvalue weighted by Crippen LogP contribution is -2.57. The smallest absolute Gasteiger partial charge is 0.201 e. The number of ketones is 1. The van der Waals surface area contributed by atoms with Gasteiger partial charge in [-0.1, -0.05) is 0 Å². The Morgan fingerprint density at radius 2 is 0.808 bits per heavy atom. The lowest BCUT2D eigenvalue weighted by atomic mass is 9.46. The number of hydrogen-bond donors (Lipinski definition) is 0. The number of carbonyl (C=O) groups is 1. The predicted molar refractivity (Wildman–Crippen MR) is 96.0 cm³/mol. The van der Waals surface area contributed by atoms with Gasteiger partial charge in [0.15, 0.2) is 12.3 Å². The highest BCUT2D eigenvalue weighted by molar-refractivity contribution is 5.89. The summed E-state index contributed by atoms with van der Waals surface area (Å²) in [6, 6.07) is 0. The van der Waals surface area contributed by atoms with Gasteiger partial charge < -0.3 is 0 Å². The third-order valence-electron chi connectivity index (χ3n) is 9.75. The Hall–Kier alpha value is -0.470. The van der Waals surface area contributed by atoms with Crippen molar-refractivity contribution in [2.75, 3.05) is 0 Å². The molecule has 0 aliphatic heterocycles. The zero-order chi connectivity index (χ0) is 17.7. The van der Waals surface area contributed by atoms with Crippen LogP contribution in [0.5, 0.6) is 0 Å². The van der Waals surface area contributed by atoms with Crippen LogP contribution in [0, 0.1) is 46.3 Å². The van der Waals surface area contributed by atoms with Gasteiger partial charge in [-0.2, -0.15) is 0 Å². The van der Waals surface area contributed by atoms with E-state index in [4.69, 9.17) is 0 Å². The minimum atomic E-state index is -1.54. The van der Waals surface area contributed by atoms with Crippen molar-refractivity contribution in [3.63, 3.8) is 0 Å². The molecule has 144 valence electrons. The molecule has 2 atom stereocenters. The van der Waals surface area contributed by atoms with E-state index in [0.29, 0.717) is 35.5 Å². The molecule has 0 heterocycles. The molecule has 3 heteroatoms. The average molecular weight is 363 g/mol. The molecule has 0 spiro atoms. The van der Waals surface area contributed by atoms with Crippen LogP contribution in [-0.2, 0) is 4.79 Å². The standard InChI is InChI=1S/C23H32F2O/c24-20(22-7-13-1-14(8-22)3-15(2-13)9-22)19(26)21(25)23-10-16-4-17(11-23)6-18(5-16)12-23/h13-18,20-21H,1-12H2. The van der Waals surface area contributed by atoms with Gasteiger partial charge in [0.25, 0.3) is 0 Å². The molecule has 0 aromatic heterocycles. The van der Waals surface area contributed by atoms with Crippen LogP contribution in [-0.4, -0.2) is 18.1 Å². The summed E-state index contributed by atoms with van der Waals surface area (Å²) in [6.45, 7) is 0. The van der Waals surface area contributed by atoms with Crippen molar-refractivity contribution in [2.24, 2.45) is 46.3 Å². The first-order valence-electron chi connectivity index (χ1n) is 11.3. The molecule has 8 aliphatic carbocycles. The third-order valence-corrected chi connectivity index (χ3v) is 9.75. The first-order valence-corrected chi connectivity index (χ1v) is 11.3. The molecule has 8 fully saturated rings. The van der Waals surface area contributed by atoms with Crippen molar-refractivity contribution in [2.45, 2.75) is 89.4 Å². The van der Waals surface area contributed by atoms with E-state index in [-0.39, 0.29) is 0 Å². The number of hydrogen-bond acceptors (Lipinski definition) is 1. The molecule has 8 saturated carbocycles. The van der Waals surface area contributed by atoms with Crippen LogP contribution in [0.2, 0.25) is 0 Å². The second kappa shape index (κ2) is 5.32. The summed E-state index contributed by atoms with van der Waals surface area (Å²) in [7, 11) is 0. The van der Waals surface area contributed by atoms with Crippen molar-refractivity contribution >= 4 is 5.78 Å². The van der Waals surface area contributed by atoms with E-state index in [1.807, 2.05) is 0 Å². The van der Waals surface area contributed by atoms with Gasteiger partial charge in [0, 0.05) is 10.8 Å². The molecule has 8 bridgehead atoms. The maximum absolute atomic E-state index is 15.7. The topological polar surface area (TPSA) is 17.1 Å². The third kappa shape index (κ3) is 2.21. The van der Waals surface area contributed by atoms with E-state index in [1.165, 1.54) is 38.5 Å². The van der Waals surface area contributed by atoms with Crippen molar-refractivity contribution in [1.29, 1.82) is 0 Å². The maximum atomic E-state index is 15.7. The summed E-state index contributed by atoms with van der Waals surface area (Å²) in [5.74, 6) is 2.97. The number of rotatable bonds is 4. The highest BCUT2D eigenvalue weighted by Gasteiger charge is 2.61. The van der Waals surface area contributed by atoms with E-state index >= 15 is 8.78 Å². The lowest BCUT2D eigenvalue weighted by Gasteiger charge is -2.59. The van der Waals surface area contributed by atoms with Crippen molar-refractivity contribution < 1.29 is 13.6 Å².